The minimum absolute atomic E-state index is 0.373. The molecule has 2 aromatic heterocycles. The van der Waals surface area contributed by atoms with Crippen molar-refractivity contribution in [1.82, 2.24) is 24.8 Å². The Morgan fingerprint density at radius 3 is 2.91 bits per heavy atom. The van der Waals surface area contributed by atoms with Crippen molar-refractivity contribution in [1.29, 1.82) is 0 Å². The number of nitrogens with zero attached hydrogens (tertiary/aromatic N) is 4. The number of hydrogen-bond acceptors (Lipinski definition) is 4. The van der Waals surface area contributed by atoms with E-state index in [0.29, 0.717) is 12.2 Å². The molecule has 2 unspecified atom stereocenters. The molecule has 22 heavy (non-hydrogen) atoms. The first-order chi connectivity index (χ1) is 10.8. The molecule has 0 radical (unpaired) electrons. The Morgan fingerprint density at radius 1 is 1.18 bits per heavy atom. The SMILES string of the molecule is CN1CCCCC1n1c(C2CCCCN2)nc2cccnc21. The summed E-state index contributed by atoms with van der Waals surface area (Å²) >= 11 is 0. The van der Waals surface area contributed by atoms with Gasteiger partial charge in [0, 0.05) is 6.20 Å². The molecular weight excluding hydrogens is 274 g/mol. The third kappa shape index (κ3) is 2.42. The first-order valence-electron chi connectivity index (χ1n) is 8.61. The van der Waals surface area contributed by atoms with E-state index in [4.69, 9.17) is 4.98 Å². The largest absolute Gasteiger partial charge is 0.307 e. The van der Waals surface area contributed by atoms with E-state index in [2.05, 4.69) is 32.9 Å². The zero-order chi connectivity index (χ0) is 14.9. The smallest absolute Gasteiger partial charge is 0.161 e. The van der Waals surface area contributed by atoms with Gasteiger partial charge < -0.3 is 5.32 Å². The monoisotopic (exact) mass is 299 g/mol. The van der Waals surface area contributed by atoms with E-state index in [9.17, 15) is 0 Å². The fourth-order valence-corrected chi connectivity index (χ4v) is 3.94. The van der Waals surface area contributed by atoms with Crippen molar-refractivity contribution in [2.45, 2.75) is 50.7 Å². The van der Waals surface area contributed by atoms with Gasteiger partial charge in [-0.25, -0.2) is 9.97 Å². The molecule has 0 spiro atoms. The summed E-state index contributed by atoms with van der Waals surface area (Å²) in [6.07, 6.45) is 9.81. The first kappa shape index (κ1) is 14.2. The van der Waals surface area contributed by atoms with Crippen LogP contribution in [0, 0.1) is 0 Å². The summed E-state index contributed by atoms with van der Waals surface area (Å²) in [6, 6.07) is 4.45. The van der Waals surface area contributed by atoms with Crippen LogP contribution in [-0.4, -0.2) is 39.6 Å². The number of likely N-dealkylation sites (tertiary alicyclic amines) is 1. The maximum Gasteiger partial charge on any atom is 0.161 e. The number of imidazole rings is 1. The predicted molar refractivity (Wildman–Crippen MR) is 87.6 cm³/mol. The summed E-state index contributed by atoms with van der Waals surface area (Å²) in [7, 11) is 2.23. The zero-order valence-corrected chi connectivity index (χ0v) is 13.3. The molecule has 2 aliphatic rings. The van der Waals surface area contributed by atoms with Crippen molar-refractivity contribution < 1.29 is 0 Å². The Balaban J connectivity index is 1.82. The molecule has 2 atom stereocenters. The van der Waals surface area contributed by atoms with Crippen LogP contribution < -0.4 is 5.32 Å². The molecule has 5 nitrogen and oxygen atoms in total. The number of hydrogen-bond donors (Lipinski definition) is 1. The number of pyridine rings is 1. The maximum absolute atomic E-state index is 4.96. The average molecular weight is 299 g/mol. The Morgan fingerprint density at radius 2 is 2.09 bits per heavy atom. The molecule has 118 valence electrons. The molecule has 0 aliphatic carbocycles. The highest BCUT2D eigenvalue weighted by atomic mass is 15.3. The molecule has 2 saturated heterocycles. The van der Waals surface area contributed by atoms with Crippen LogP contribution in [-0.2, 0) is 0 Å². The van der Waals surface area contributed by atoms with E-state index in [1.54, 1.807) is 0 Å². The number of aromatic nitrogens is 3. The zero-order valence-electron chi connectivity index (χ0n) is 13.3. The van der Waals surface area contributed by atoms with Crippen molar-refractivity contribution in [3.63, 3.8) is 0 Å². The van der Waals surface area contributed by atoms with Crippen molar-refractivity contribution >= 4 is 11.2 Å². The predicted octanol–water partition coefficient (Wildman–Crippen LogP) is 2.86. The normalized spacial score (nSPS) is 27.3. The van der Waals surface area contributed by atoms with Gasteiger partial charge in [-0.2, -0.15) is 0 Å². The lowest BCUT2D eigenvalue weighted by atomic mass is 10.0. The van der Waals surface area contributed by atoms with E-state index in [-0.39, 0.29) is 0 Å². The minimum Gasteiger partial charge on any atom is -0.307 e. The second-order valence-corrected chi connectivity index (χ2v) is 6.65. The van der Waals surface area contributed by atoms with Crippen LogP contribution in [0.1, 0.15) is 56.6 Å². The Hall–Kier alpha value is -1.46. The summed E-state index contributed by atoms with van der Waals surface area (Å²) in [6.45, 7) is 2.26. The second kappa shape index (κ2) is 5.97. The Kier molecular flexibility index (Phi) is 3.84. The van der Waals surface area contributed by atoms with Crippen LogP contribution in [0.3, 0.4) is 0 Å². The van der Waals surface area contributed by atoms with Gasteiger partial charge in [0.15, 0.2) is 5.65 Å². The third-order valence-corrected chi connectivity index (χ3v) is 5.13. The van der Waals surface area contributed by atoms with Crippen LogP contribution in [0.2, 0.25) is 0 Å². The van der Waals surface area contributed by atoms with Crippen LogP contribution in [0.25, 0.3) is 11.2 Å². The Labute approximate surface area is 131 Å². The van der Waals surface area contributed by atoms with Gasteiger partial charge in [-0.05, 0) is 64.4 Å². The van der Waals surface area contributed by atoms with Gasteiger partial charge >= 0.3 is 0 Å². The topological polar surface area (TPSA) is 46.0 Å². The highest BCUT2D eigenvalue weighted by molar-refractivity contribution is 5.71. The summed E-state index contributed by atoms with van der Waals surface area (Å²) in [5, 5.41) is 3.66. The fourth-order valence-electron chi connectivity index (χ4n) is 3.94. The number of rotatable bonds is 2. The molecule has 2 aromatic rings. The molecule has 1 N–H and O–H groups in total. The van der Waals surface area contributed by atoms with Crippen molar-refractivity contribution in [2.75, 3.05) is 20.1 Å². The minimum atomic E-state index is 0.373. The molecule has 0 amide bonds. The van der Waals surface area contributed by atoms with Gasteiger partial charge in [-0.1, -0.05) is 6.42 Å². The van der Waals surface area contributed by atoms with E-state index in [1.807, 2.05) is 12.3 Å². The van der Waals surface area contributed by atoms with Gasteiger partial charge in [0.05, 0.1) is 12.2 Å². The lowest BCUT2D eigenvalue weighted by Gasteiger charge is -2.36. The van der Waals surface area contributed by atoms with Crippen molar-refractivity contribution in [2.24, 2.45) is 0 Å². The molecule has 4 rings (SSSR count). The first-order valence-corrected chi connectivity index (χ1v) is 8.61. The van der Waals surface area contributed by atoms with E-state index in [1.165, 1.54) is 44.3 Å². The lowest BCUT2D eigenvalue weighted by Crippen LogP contribution is -2.37. The molecular formula is C17H25N5. The molecule has 2 fully saturated rings. The molecule has 0 saturated carbocycles. The van der Waals surface area contributed by atoms with Crippen molar-refractivity contribution in [3.05, 3.63) is 24.2 Å². The third-order valence-electron chi connectivity index (χ3n) is 5.13. The van der Waals surface area contributed by atoms with Crippen LogP contribution in [0.4, 0.5) is 0 Å². The van der Waals surface area contributed by atoms with Gasteiger partial charge in [-0.3, -0.25) is 9.47 Å². The van der Waals surface area contributed by atoms with Crippen LogP contribution >= 0.6 is 0 Å². The van der Waals surface area contributed by atoms with Gasteiger partial charge in [0.25, 0.3) is 0 Å². The van der Waals surface area contributed by atoms with E-state index < -0.39 is 0 Å². The van der Waals surface area contributed by atoms with Crippen molar-refractivity contribution in [3.8, 4) is 0 Å². The lowest BCUT2D eigenvalue weighted by molar-refractivity contribution is 0.124. The molecule has 5 heteroatoms. The quantitative estimate of drug-likeness (QED) is 0.926. The van der Waals surface area contributed by atoms with Gasteiger partial charge in [0.1, 0.15) is 11.3 Å². The van der Waals surface area contributed by atoms with Gasteiger partial charge in [-0.15, -0.1) is 0 Å². The fraction of sp³-hybridized carbons (Fsp3) is 0.647. The number of nitrogens with one attached hydrogen (secondary N) is 1. The summed E-state index contributed by atoms with van der Waals surface area (Å²) in [4.78, 5) is 12.1. The van der Waals surface area contributed by atoms with Gasteiger partial charge in [0.2, 0.25) is 0 Å². The number of piperidine rings is 2. The summed E-state index contributed by atoms with van der Waals surface area (Å²) < 4.78 is 2.41. The molecule has 2 aliphatic heterocycles. The maximum atomic E-state index is 4.96. The average Bonchev–Trinajstić information content (AvgIpc) is 2.95. The highest BCUT2D eigenvalue weighted by Crippen LogP contribution is 2.33. The summed E-state index contributed by atoms with van der Waals surface area (Å²) in [5.41, 5.74) is 2.08. The van der Waals surface area contributed by atoms with E-state index >= 15 is 0 Å². The molecule has 4 heterocycles. The number of fused-ring (bicyclic) bond motifs is 1. The molecule has 0 bridgehead atoms. The van der Waals surface area contributed by atoms with Crippen LogP contribution in [0.15, 0.2) is 18.3 Å². The van der Waals surface area contributed by atoms with E-state index in [0.717, 1.165) is 24.3 Å². The summed E-state index contributed by atoms with van der Waals surface area (Å²) in [5.74, 6) is 1.19. The second-order valence-electron chi connectivity index (χ2n) is 6.65. The highest BCUT2D eigenvalue weighted by Gasteiger charge is 2.29. The Bertz CT molecular complexity index is 644. The van der Waals surface area contributed by atoms with Crippen LogP contribution in [0.5, 0.6) is 0 Å². The standard InChI is InChI=1S/C17H25N5/c1-21-12-5-3-9-15(21)22-16-14(8-6-11-19-16)20-17(22)13-7-2-4-10-18-13/h6,8,11,13,15,18H,2-5,7,9-10,12H2,1H3. The molecule has 0 aromatic carbocycles.